The van der Waals surface area contributed by atoms with E-state index in [4.69, 9.17) is 14.9 Å². The van der Waals surface area contributed by atoms with Crippen molar-refractivity contribution in [3.63, 3.8) is 0 Å². The number of nitrogens with zero attached hydrogens (tertiary/aromatic N) is 1. The highest BCUT2D eigenvalue weighted by atomic mass is 16.6. The molecule has 0 saturated carbocycles. The van der Waals surface area contributed by atoms with E-state index < -0.39 is 54.4 Å². The molecule has 0 radical (unpaired) electrons. The van der Waals surface area contributed by atoms with E-state index in [2.05, 4.69) is 5.32 Å². The monoisotopic (exact) mass is 331 g/mol. The second-order valence-corrected chi connectivity index (χ2v) is 5.25. The lowest BCUT2D eigenvalue weighted by atomic mass is 10.0. The van der Waals surface area contributed by atoms with Crippen molar-refractivity contribution in [3.05, 3.63) is 27.0 Å². The minimum Gasteiger partial charge on any atom is -0.480 e. The van der Waals surface area contributed by atoms with Crippen LogP contribution >= 0.6 is 0 Å². The molecule has 128 valence electrons. The zero-order valence-electron chi connectivity index (χ0n) is 12.1. The second-order valence-electron chi connectivity index (χ2n) is 5.25. The topological polar surface area (TPSA) is 174 Å². The van der Waals surface area contributed by atoms with Gasteiger partial charge in [-0.1, -0.05) is 0 Å². The number of carbonyl (C=O) groups is 1. The second kappa shape index (κ2) is 6.12. The molecule has 0 unspecified atom stereocenters. The smallest absolute Gasteiger partial charge is 0.330 e. The van der Waals surface area contributed by atoms with Gasteiger partial charge < -0.3 is 30.5 Å². The first-order chi connectivity index (χ1) is 10.7. The molecule has 0 amide bonds. The Morgan fingerprint density at radius 1 is 1.48 bits per heavy atom. The fourth-order valence-corrected chi connectivity index (χ4v) is 2.41. The predicted molar refractivity (Wildman–Crippen MR) is 75.1 cm³/mol. The molecule has 1 aromatic rings. The number of aliphatic hydroxyl groups excluding tert-OH is 3. The molecule has 11 nitrogen and oxygen atoms in total. The maximum atomic E-state index is 12.0. The summed E-state index contributed by atoms with van der Waals surface area (Å²) in [5.41, 5.74) is -3.76. The zero-order chi connectivity index (χ0) is 17.4. The molecule has 23 heavy (non-hydrogen) atoms. The first kappa shape index (κ1) is 17.1. The van der Waals surface area contributed by atoms with Crippen LogP contribution in [0.5, 0.6) is 0 Å². The number of H-pyrrole nitrogens is 1. The van der Waals surface area contributed by atoms with Crippen molar-refractivity contribution in [2.75, 3.05) is 18.5 Å². The van der Waals surface area contributed by atoms with Gasteiger partial charge in [0.2, 0.25) is 0 Å². The average molecular weight is 331 g/mol. The minimum absolute atomic E-state index is 0.231. The number of rotatable bonds is 5. The summed E-state index contributed by atoms with van der Waals surface area (Å²) in [6, 6.07) is 0. The predicted octanol–water partition coefficient (Wildman–Crippen LogP) is -3.18. The molecule has 1 aliphatic rings. The van der Waals surface area contributed by atoms with E-state index in [9.17, 15) is 24.6 Å². The quantitative estimate of drug-likeness (QED) is 0.325. The Morgan fingerprint density at radius 3 is 2.65 bits per heavy atom. The Bertz CT molecular complexity index is 713. The third-order valence-corrected chi connectivity index (χ3v) is 3.67. The molecule has 4 atom stereocenters. The van der Waals surface area contributed by atoms with E-state index in [1.165, 1.54) is 6.92 Å². The van der Waals surface area contributed by atoms with E-state index in [-0.39, 0.29) is 5.69 Å². The van der Waals surface area contributed by atoms with Gasteiger partial charge in [0.1, 0.15) is 30.5 Å². The van der Waals surface area contributed by atoms with E-state index in [1.807, 2.05) is 4.98 Å². The molecule has 2 rings (SSSR count). The summed E-state index contributed by atoms with van der Waals surface area (Å²) in [6.45, 7) is 0.135. The molecule has 1 aromatic heterocycles. The third kappa shape index (κ3) is 2.99. The molecule has 0 spiro atoms. The highest BCUT2D eigenvalue weighted by Crippen LogP contribution is 2.34. The minimum atomic E-state index is -1.76. The number of aliphatic carboxylic acids is 1. The van der Waals surface area contributed by atoms with Crippen molar-refractivity contribution >= 4 is 11.7 Å². The number of aromatic amines is 1. The van der Waals surface area contributed by atoms with Gasteiger partial charge in [0.15, 0.2) is 5.72 Å². The van der Waals surface area contributed by atoms with Crippen LogP contribution < -0.4 is 16.6 Å². The van der Waals surface area contributed by atoms with Crippen molar-refractivity contribution in [2.45, 2.75) is 31.0 Å². The SMILES string of the molecule is C[C@@]1(n2cc(NCC(=O)O)c(=O)[nH]c2=O)O[C@H](CO)[C@@H](O)[C@H]1O. The summed E-state index contributed by atoms with van der Waals surface area (Å²) in [5, 5.41) is 40.0. The fraction of sp³-hybridized carbons (Fsp3) is 0.583. The van der Waals surface area contributed by atoms with Crippen LogP contribution in [0, 0.1) is 0 Å². The van der Waals surface area contributed by atoms with Gasteiger partial charge >= 0.3 is 11.7 Å². The summed E-state index contributed by atoms with van der Waals surface area (Å²) in [7, 11) is 0. The molecule has 2 heterocycles. The lowest BCUT2D eigenvalue weighted by Crippen LogP contribution is -2.49. The Labute approximate surface area is 128 Å². The largest absolute Gasteiger partial charge is 0.480 e. The van der Waals surface area contributed by atoms with Crippen LogP contribution in [0.25, 0.3) is 0 Å². The van der Waals surface area contributed by atoms with Gasteiger partial charge in [-0.25, -0.2) is 4.79 Å². The number of aliphatic hydroxyl groups is 3. The number of carboxylic acid groups (broad SMARTS) is 1. The van der Waals surface area contributed by atoms with Crippen molar-refractivity contribution in [3.8, 4) is 0 Å². The van der Waals surface area contributed by atoms with Crippen LogP contribution in [-0.2, 0) is 15.3 Å². The van der Waals surface area contributed by atoms with Crippen molar-refractivity contribution in [1.29, 1.82) is 0 Å². The van der Waals surface area contributed by atoms with Gasteiger partial charge in [-0.2, -0.15) is 0 Å². The molecule has 6 N–H and O–H groups in total. The van der Waals surface area contributed by atoms with Crippen LogP contribution in [0.2, 0.25) is 0 Å². The Kier molecular flexibility index (Phi) is 4.56. The third-order valence-electron chi connectivity index (χ3n) is 3.67. The van der Waals surface area contributed by atoms with Crippen molar-refractivity contribution < 1.29 is 30.0 Å². The highest BCUT2D eigenvalue weighted by molar-refractivity contribution is 5.72. The number of aromatic nitrogens is 2. The maximum Gasteiger partial charge on any atom is 0.330 e. The van der Waals surface area contributed by atoms with Gasteiger partial charge in [-0.05, 0) is 6.92 Å². The number of anilines is 1. The standard InChI is InChI=1S/C12H17N3O8/c1-12(9(20)8(19)6(4-16)23-12)15-3-5(13-2-7(17)18)10(21)14-11(15)22/h3,6,8-9,13,16,19-20H,2,4H2,1H3,(H,17,18)(H,14,21,22)/t6-,8-,9-,12-/m1/s1. The summed E-state index contributed by atoms with van der Waals surface area (Å²) >= 11 is 0. The molecule has 1 aliphatic heterocycles. The van der Waals surface area contributed by atoms with E-state index in [1.54, 1.807) is 0 Å². The summed E-state index contributed by atoms with van der Waals surface area (Å²) < 4.78 is 6.18. The summed E-state index contributed by atoms with van der Waals surface area (Å²) in [4.78, 5) is 36.2. The Morgan fingerprint density at radius 2 is 2.13 bits per heavy atom. The lowest BCUT2D eigenvalue weighted by molar-refractivity contribution is -0.137. The number of hydrogen-bond acceptors (Lipinski definition) is 8. The van der Waals surface area contributed by atoms with Crippen molar-refractivity contribution in [2.24, 2.45) is 0 Å². The lowest BCUT2D eigenvalue weighted by Gasteiger charge is -2.30. The van der Waals surface area contributed by atoms with Crippen LogP contribution in [0.3, 0.4) is 0 Å². The number of carboxylic acids is 1. The number of nitrogens with one attached hydrogen (secondary N) is 2. The number of hydrogen-bond donors (Lipinski definition) is 6. The number of ether oxygens (including phenoxy) is 1. The molecule has 11 heteroatoms. The van der Waals surface area contributed by atoms with Crippen LogP contribution in [0.15, 0.2) is 15.8 Å². The zero-order valence-corrected chi connectivity index (χ0v) is 12.1. The molecule has 0 bridgehead atoms. The van der Waals surface area contributed by atoms with Crippen LogP contribution in [0.4, 0.5) is 5.69 Å². The molecule has 1 fully saturated rings. The molecule has 1 saturated heterocycles. The normalized spacial score (nSPS) is 30.3. The average Bonchev–Trinajstić information content (AvgIpc) is 2.71. The summed E-state index contributed by atoms with van der Waals surface area (Å²) in [6.07, 6.45) is -3.14. The van der Waals surface area contributed by atoms with Crippen LogP contribution in [0.1, 0.15) is 6.92 Å². The van der Waals surface area contributed by atoms with Gasteiger partial charge in [-0.3, -0.25) is 19.1 Å². The molecule has 0 aromatic carbocycles. The first-order valence-electron chi connectivity index (χ1n) is 6.67. The van der Waals surface area contributed by atoms with Crippen molar-refractivity contribution in [1.82, 2.24) is 9.55 Å². The molecular formula is C12H17N3O8. The highest BCUT2D eigenvalue weighted by Gasteiger charge is 2.52. The molecule has 0 aliphatic carbocycles. The van der Waals surface area contributed by atoms with Gasteiger partial charge in [0, 0.05) is 6.20 Å². The molecular weight excluding hydrogens is 314 g/mol. The first-order valence-corrected chi connectivity index (χ1v) is 6.67. The van der Waals surface area contributed by atoms with E-state index in [0.29, 0.717) is 0 Å². The van der Waals surface area contributed by atoms with E-state index in [0.717, 1.165) is 10.8 Å². The van der Waals surface area contributed by atoms with Crippen LogP contribution in [-0.4, -0.2) is 67.4 Å². The van der Waals surface area contributed by atoms with Gasteiger partial charge in [-0.15, -0.1) is 0 Å². The Hall–Kier alpha value is -2.21. The fourth-order valence-electron chi connectivity index (χ4n) is 2.41. The Balaban J connectivity index is 2.46. The summed E-state index contributed by atoms with van der Waals surface area (Å²) in [5.74, 6) is -1.22. The maximum absolute atomic E-state index is 12.0. The van der Waals surface area contributed by atoms with E-state index >= 15 is 0 Å². The van der Waals surface area contributed by atoms with Gasteiger partial charge in [0.25, 0.3) is 5.56 Å². The van der Waals surface area contributed by atoms with Gasteiger partial charge in [0.05, 0.1) is 6.61 Å².